The largest absolute Gasteiger partial charge is 0.462 e. The number of esters is 1. The second kappa shape index (κ2) is 9.79. The van der Waals surface area contributed by atoms with Crippen molar-refractivity contribution in [2.24, 2.45) is 4.99 Å². The summed E-state index contributed by atoms with van der Waals surface area (Å²) < 4.78 is 5.32. The van der Waals surface area contributed by atoms with Gasteiger partial charge in [-0.15, -0.1) is 11.3 Å². The van der Waals surface area contributed by atoms with E-state index in [1.165, 1.54) is 16.2 Å². The molecular weight excluding hydrogens is 428 g/mol. The summed E-state index contributed by atoms with van der Waals surface area (Å²) in [5.41, 5.74) is 3.26. The fourth-order valence-corrected chi connectivity index (χ4v) is 5.50. The van der Waals surface area contributed by atoms with Crippen molar-refractivity contribution in [1.82, 2.24) is 4.90 Å². The summed E-state index contributed by atoms with van der Waals surface area (Å²) in [6.45, 7) is 5.65. The summed E-state index contributed by atoms with van der Waals surface area (Å²) in [4.78, 5) is 34.1. The van der Waals surface area contributed by atoms with Gasteiger partial charge in [-0.1, -0.05) is 0 Å². The van der Waals surface area contributed by atoms with Crippen LogP contribution in [-0.2, 0) is 17.6 Å². The van der Waals surface area contributed by atoms with E-state index in [9.17, 15) is 14.9 Å². The topological polar surface area (TPSA) is 88.3 Å². The average Bonchev–Trinajstić information content (AvgIpc) is 3.17. The van der Waals surface area contributed by atoms with Crippen LogP contribution in [0.25, 0.3) is 0 Å². The number of aryl methyl sites for hydroxylation is 1. The van der Waals surface area contributed by atoms with E-state index in [0.29, 0.717) is 22.7 Å². The Morgan fingerprint density at radius 1 is 1.25 bits per heavy atom. The molecule has 32 heavy (non-hydrogen) atoms. The maximum absolute atomic E-state index is 12.7. The monoisotopic (exact) mass is 456 g/mol. The fourth-order valence-electron chi connectivity index (χ4n) is 4.28. The van der Waals surface area contributed by atoms with Crippen LogP contribution in [0.15, 0.2) is 23.2 Å². The van der Waals surface area contributed by atoms with E-state index >= 15 is 0 Å². The average molecular weight is 457 g/mol. The molecule has 170 valence electrons. The van der Waals surface area contributed by atoms with Gasteiger partial charge < -0.3 is 14.5 Å². The van der Waals surface area contributed by atoms with E-state index in [1.54, 1.807) is 31.3 Å². The van der Waals surface area contributed by atoms with E-state index in [2.05, 4.69) is 21.8 Å². The minimum atomic E-state index is -0.390. The molecule has 9 heteroatoms. The molecule has 0 unspecified atom stereocenters. The van der Waals surface area contributed by atoms with Crippen LogP contribution in [-0.4, -0.2) is 61.8 Å². The first kappa shape index (κ1) is 22.4. The van der Waals surface area contributed by atoms with Crippen molar-refractivity contribution < 1.29 is 14.5 Å². The van der Waals surface area contributed by atoms with E-state index in [0.717, 1.165) is 63.1 Å². The number of non-ortho nitro benzene ring substituents is 1. The number of fused-ring (bicyclic) bond motifs is 1. The smallest absolute Gasteiger partial charge is 0.341 e. The lowest BCUT2D eigenvalue weighted by Gasteiger charge is -2.34. The molecule has 1 aromatic heterocycles. The number of anilines is 1. The number of nitro benzene ring substituents is 1. The van der Waals surface area contributed by atoms with E-state index in [4.69, 9.17) is 4.74 Å². The standard InChI is InChI=1S/C23H28N4O4S/c1-3-31-23(28)21-18-6-4-5-7-20(18)32-22(21)24-15-16-14-17(27(29)30)8-9-19(16)26-12-10-25(2)11-13-26/h8-9,14-15H,3-7,10-13H2,1-2H3. The zero-order chi connectivity index (χ0) is 22.7. The minimum absolute atomic E-state index is 0.0282. The summed E-state index contributed by atoms with van der Waals surface area (Å²) in [5.74, 6) is -0.336. The predicted molar refractivity (Wildman–Crippen MR) is 127 cm³/mol. The van der Waals surface area contributed by atoms with Gasteiger partial charge in [0.1, 0.15) is 5.00 Å². The van der Waals surface area contributed by atoms with Gasteiger partial charge in [-0.25, -0.2) is 9.79 Å². The number of hydrogen-bond donors (Lipinski definition) is 0. The number of hydrogen-bond acceptors (Lipinski definition) is 8. The van der Waals surface area contributed by atoms with Crippen LogP contribution in [0.2, 0.25) is 0 Å². The van der Waals surface area contributed by atoms with Crippen LogP contribution in [0, 0.1) is 10.1 Å². The normalized spacial score (nSPS) is 16.9. The highest BCUT2D eigenvalue weighted by molar-refractivity contribution is 7.16. The maximum Gasteiger partial charge on any atom is 0.341 e. The summed E-state index contributed by atoms with van der Waals surface area (Å²) in [7, 11) is 2.09. The van der Waals surface area contributed by atoms with Gasteiger partial charge in [-0.05, 0) is 51.3 Å². The Balaban J connectivity index is 1.72. The highest BCUT2D eigenvalue weighted by Gasteiger charge is 2.26. The number of aliphatic imine (C=N–C) groups is 1. The molecule has 0 radical (unpaired) electrons. The third-order valence-corrected chi connectivity index (χ3v) is 7.22. The van der Waals surface area contributed by atoms with Crippen molar-refractivity contribution in [2.45, 2.75) is 32.6 Å². The van der Waals surface area contributed by atoms with Crippen LogP contribution in [0.3, 0.4) is 0 Å². The zero-order valence-corrected chi connectivity index (χ0v) is 19.3. The molecule has 1 aliphatic heterocycles. The number of ether oxygens (including phenoxy) is 1. The Morgan fingerprint density at radius 3 is 2.72 bits per heavy atom. The third kappa shape index (κ3) is 4.68. The number of nitrogens with zero attached hydrogens (tertiary/aromatic N) is 4. The molecule has 0 spiro atoms. The number of nitro groups is 1. The van der Waals surface area contributed by atoms with Crippen LogP contribution in [0.4, 0.5) is 16.4 Å². The highest BCUT2D eigenvalue weighted by Crippen LogP contribution is 2.40. The second-order valence-corrected chi connectivity index (χ2v) is 9.24. The van der Waals surface area contributed by atoms with Gasteiger partial charge in [0.2, 0.25) is 0 Å². The molecule has 1 fully saturated rings. The lowest BCUT2D eigenvalue weighted by Crippen LogP contribution is -2.44. The molecule has 0 N–H and O–H groups in total. The summed E-state index contributed by atoms with van der Waals surface area (Å²) >= 11 is 1.53. The van der Waals surface area contributed by atoms with Gasteiger partial charge in [-0.3, -0.25) is 10.1 Å². The van der Waals surface area contributed by atoms with Crippen LogP contribution >= 0.6 is 11.3 Å². The first-order valence-electron chi connectivity index (χ1n) is 11.1. The molecule has 1 aliphatic carbocycles. The van der Waals surface area contributed by atoms with Crippen molar-refractivity contribution in [1.29, 1.82) is 0 Å². The quantitative estimate of drug-likeness (QED) is 0.280. The Kier molecular flexibility index (Phi) is 6.86. The SMILES string of the molecule is CCOC(=O)c1c(N=Cc2cc([N+](=O)[O-])ccc2N2CCN(C)CC2)sc2c1CCCC2. The van der Waals surface area contributed by atoms with Gasteiger partial charge in [0.15, 0.2) is 0 Å². The summed E-state index contributed by atoms with van der Waals surface area (Å²) in [6.07, 6.45) is 5.64. The third-order valence-electron chi connectivity index (χ3n) is 6.02. The molecule has 2 aromatic rings. The van der Waals surface area contributed by atoms with Gasteiger partial charge in [0, 0.05) is 60.7 Å². The Labute approximate surface area is 191 Å². The predicted octanol–water partition coefficient (Wildman–Crippen LogP) is 4.21. The number of piperazine rings is 1. The molecule has 1 saturated heterocycles. The van der Waals surface area contributed by atoms with Crippen molar-refractivity contribution in [2.75, 3.05) is 44.7 Å². The molecule has 0 saturated carbocycles. The lowest BCUT2D eigenvalue weighted by molar-refractivity contribution is -0.384. The van der Waals surface area contributed by atoms with E-state index in [-0.39, 0.29) is 16.6 Å². The molecule has 0 bridgehead atoms. The molecule has 8 nitrogen and oxygen atoms in total. The summed E-state index contributed by atoms with van der Waals surface area (Å²) in [5, 5.41) is 12.0. The van der Waals surface area contributed by atoms with Crippen LogP contribution in [0.1, 0.15) is 46.1 Å². The van der Waals surface area contributed by atoms with Crippen molar-refractivity contribution in [3.05, 3.63) is 49.9 Å². The number of likely N-dealkylation sites (N-methyl/N-ethyl adjacent to an activating group) is 1. The van der Waals surface area contributed by atoms with E-state index < -0.39 is 0 Å². The zero-order valence-electron chi connectivity index (χ0n) is 18.5. The molecule has 2 heterocycles. The Morgan fingerprint density at radius 2 is 2.00 bits per heavy atom. The first-order valence-corrected chi connectivity index (χ1v) is 11.9. The molecule has 1 aromatic carbocycles. The number of carbonyl (C=O) groups is 1. The van der Waals surface area contributed by atoms with Crippen molar-refractivity contribution >= 4 is 39.9 Å². The number of carbonyl (C=O) groups excluding carboxylic acids is 1. The van der Waals surface area contributed by atoms with Gasteiger partial charge in [0.25, 0.3) is 5.69 Å². The van der Waals surface area contributed by atoms with Crippen LogP contribution < -0.4 is 4.90 Å². The molecule has 2 aliphatic rings. The molecular formula is C23H28N4O4S. The van der Waals surface area contributed by atoms with Crippen LogP contribution in [0.5, 0.6) is 0 Å². The molecule has 0 atom stereocenters. The lowest BCUT2D eigenvalue weighted by atomic mass is 9.95. The Bertz CT molecular complexity index is 1040. The minimum Gasteiger partial charge on any atom is -0.462 e. The number of rotatable bonds is 6. The van der Waals surface area contributed by atoms with Crippen molar-refractivity contribution in [3.8, 4) is 0 Å². The first-order chi connectivity index (χ1) is 15.5. The molecule has 4 rings (SSSR count). The Hall–Kier alpha value is -2.78. The van der Waals surface area contributed by atoms with Gasteiger partial charge in [0.05, 0.1) is 17.1 Å². The number of benzene rings is 1. The second-order valence-electron chi connectivity index (χ2n) is 8.16. The highest BCUT2D eigenvalue weighted by atomic mass is 32.1. The fraction of sp³-hybridized carbons (Fsp3) is 0.478. The number of thiophene rings is 1. The van der Waals surface area contributed by atoms with Gasteiger partial charge >= 0.3 is 5.97 Å². The molecule has 0 amide bonds. The maximum atomic E-state index is 12.7. The van der Waals surface area contributed by atoms with E-state index in [1.807, 2.05) is 0 Å². The summed E-state index contributed by atoms with van der Waals surface area (Å²) in [6, 6.07) is 4.91. The van der Waals surface area contributed by atoms with Gasteiger partial charge in [-0.2, -0.15) is 0 Å². The van der Waals surface area contributed by atoms with Crippen molar-refractivity contribution in [3.63, 3.8) is 0 Å².